The van der Waals surface area contributed by atoms with Crippen molar-refractivity contribution in [3.05, 3.63) is 42.4 Å². The number of imidazole rings is 1. The molecule has 2 fully saturated rings. The van der Waals surface area contributed by atoms with Crippen molar-refractivity contribution in [3.8, 4) is 0 Å². The molecule has 8 nitrogen and oxygen atoms in total. The summed E-state index contributed by atoms with van der Waals surface area (Å²) in [5.41, 5.74) is 0. The van der Waals surface area contributed by atoms with Gasteiger partial charge in [-0.05, 0) is 25.0 Å². The van der Waals surface area contributed by atoms with E-state index in [1.54, 1.807) is 29.6 Å². The molecule has 4 rings (SSSR count). The number of nitrogens with zero attached hydrogens (tertiary/aromatic N) is 4. The quantitative estimate of drug-likeness (QED) is 0.864. The molecule has 0 unspecified atom stereocenters. The standard InChI is InChI=1S/C18H23N5O3/c24-17(22-7-1-2-8-22)15-11-19-6-10-23(15)18(25)16-4-3-14(26-16)12-21-9-5-20-13-21/h3-5,9,13,15,19H,1-2,6-8,10-12H2/t15-/m1/s1. The van der Waals surface area contributed by atoms with E-state index < -0.39 is 6.04 Å². The molecule has 2 saturated heterocycles. The van der Waals surface area contributed by atoms with E-state index >= 15 is 0 Å². The van der Waals surface area contributed by atoms with Gasteiger partial charge in [0, 0.05) is 45.1 Å². The maximum atomic E-state index is 13.0. The number of piperazine rings is 1. The van der Waals surface area contributed by atoms with Crippen molar-refractivity contribution < 1.29 is 14.0 Å². The smallest absolute Gasteiger partial charge is 0.290 e. The van der Waals surface area contributed by atoms with Gasteiger partial charge in [-0.1, -0.05) is 0 Å². The number of likely N-dealkylation sites (tertiary alicyclic amines) is 1. The number of hydrogen-bond acceptors (Lipinski definition) is 5. The highest BCUT2D eigenvalue weighted by molar-refractivity contribution is 5.96. The van der Waals surface area contributed by atoms with Gasteiger partial charge in [0.2, 0.25) is 5.91 Å². The minimum absolute atomic E-state index is 0.0354. The van der Waals surface area contributed by atoms with Crippen LogP contribution in [-0.4, -0.2) is 69.9 Å². The van der Waals surface area contributed by atoms with Crippen molar-refractivity contribution in [1.82, 2.24) is 24.7 Å². The molecule has 4 heterocycles. The predicted molar refractivity (Wildman–Crippen MR) is 93.5 cm³/mol. The van der Waals surface area contributed by atoms with E-state index in [-0.39, 0.29) is 17.6 Å². The van der Waals surface area contributed by atoms with E-state index in [0.717, 1.165) is 25.9 Å². The third-order valence-electron chi connectivity index (χ3n) is 4.98. The Bertz CT molecular complexity index is 764. The number of hydrogen-bond donors (Lipinski definition) is 1. The van der Waals surface area contributed by atoms with Gasteiger partial charge in [0.05, 0.1) is 12.9 Å². The van der Waals surface area contributed by atoms with Gasteiger partial charge in [-0.25, -0.2) is 4.98 Å². The molecule has 0 aromatic carbocycles. The van der Waals surface area contributed by atoms with Crippen LogP contribution in [0.2, 0.25) is 0 Å². The largest absolute Gasteiger partial charge is 0.454 e. The molecule has 2 aliphatic rings. The van der Waals surface area contributed by atoms with Crippen molar-refractivity contribution in [2.45, 2.75) is 25.4 Å². The van der Waals surface area contributed by atoms with Crippen LogP contribution in [0.3, 0.4) is 0 Å². The molecule has 2 aromatic rings. The summed E-state index contributed by atoms with van der Waals surface area (Å²) in [6.45, 7) is 3.76. The lowest BCUT2D eigenvalue weighted by atomic mass is 10.1. The summed E-state index contributed by atoms with van der Waals surface area (Å²) in [7, 11) is 0. The summed E-state index contributed by atoms with van der Waals surface area (Å²) in [5, 5.41) is 3.23. The van der Waals surface area contributed by atoms with Crippen LogP contribution in [0, 0.1) is 0 Å². The molecule has 0 bridgehead atoms. The lowest BCUT2D eigenvalue weighted by Gasteiger charge is -2.36. The number of rotatable bonds is 4. The fraction of sp³-hybridized carbons (Fsp3) is 0.500. The first-order chi connectivity index (χ1) is 12.7. The molecule has 8 heteroatoms. The summed E-state index contributed by atoms with van der Waals surface area (Å²) in [4.78, 5) is 33.3. The van der Waals surface area contributed by atoms with Gasteiger partial charge >= 0.3 is 0 Å². The number of carbonyl (C=O) groups excluding carboxylic acids is 2. The Hall–Kier alpha value is -2.61. The van der Waals surface area contributed by atoms with Crippen LogP contribution in [0.5, 0.6) is 0 Å². The van der Waals surface area contributed by atoms with Gasteiger partial charge in [0.25, 0.3) is 5.91 Å². The Labute approximate surface area is 151 Å². The maximum absolute atomic E-state index is 13.0. The fourth-order valence-corrected chi connectivity index (χ4v) is 3.60. The molecule has 26 heavy (non-hydrogen) atoms. The van der Waals surface area contributed by atoms with Crippen LogP contribution in [0.4, 0.5) is 0 Å². The number of aromatic nitrogens is 2. The SMILES string of the molecule is O=C([C@H]1CNCCN1C(=O)c1ccc(Cn2ccnc2)o1)N1CCCC1. The zero-order chi connectivity index (χ0) is 17.9. The fourth-order valence-electron chi connectivity index (χ4n) is 3.60. The molecule has 0 radical (unpaired) electrons. The third kappa shape index (κ3) is 3.37. The molecule has 138 valence electrons. The van der Waals surface area contributed by atoms with E-state index in [2.05, 4.69) is 10.3 Å². The Morgan fingerprint density at radius 3 is 2.85 bits per heavy atom. The second kappa shape index (κ2) is 7.33. The molecule has 1 N–H and O–H groups in total. The minimum atomic E-state index is -0.462. The summed E-state index contributed by atoms with van der Waals surface area (Å²) < 4.78 is 7.61. The second-order valence-corrected chi connectivity index (χ2v) is 6.75. The van der Waals surface area contributed by atoms with Crippen LogP contribution in [0.1, 0.15) is 29.2 Å². The molecule has 2 aliphatic heterocycles. The molecule has 2 amide bonds. The van der Waals surface area contributed by atoms with Crippen molar-refractivity contribution in [2.75, 3.05) is 32.7 Å². The van der Waals surface area contributed by atoms with Crippen LogP contribution in [0.15, 0.2) is 35.3 Å². The highest BCUT2D eigenvalue weighted by atomic mass is 16.4. The van der Waals surface area contributed by atoms with Crippen LogP contribution >= 0.6 is 0 Å². The van der Waals surface area contributed by atoms with Crippen molar-refractivity contribution >= 4 is 11.8 Å². The first-order valence-electron chi connectivity index (χ1n) is 9.07. The normalized spacial score (nSPS) is 20.5. The molecular formula is C18H23N5O3. The molecular weight excluding hydrogens is 334 g/mol. The highest BCUT2D eigenvalue weighted by Crippen LogP contribution is 2.18. The third-order valence-corrected chi connectivity index (χ3v) is 4.98. The Morgan fingerprint density at radius 1 is 1.23 bits per heavy atom. The number of amides is 2. The monoisotopic (exact) mass is 357 g/mol. The van der Waals surface area contributed by atoms with E-state index in [1.165, 1.54) is 0 Å². The summed E-state index contributed by atoms with van der Waals surface area (Å²) >= 11 is 0. The Kier molecular flexibility index (Phi) is 4.75. The van der Waals surface area contributed by atoms with E-state index in [0.29, 0.717) is 31.9 Å². The van der Waals surface area contributed by atoms with Crippen LogP contribution in [0.25, 0.3) is 0 Å². The van der Waals surface area contributed by atoms with Crippen molar-refractivity contribution in [1.29, 1.82) is 0 Å². The van der Waals surface area contributed by atoms with Gasteiger partial charge in [-0.2, -0.15) is 0 Å². The lowest BCUT2D eigenvalue weighted by Crippen LogP contribution is -2.59. The van der Waals surface area contributed by atoms with Crippen LogP contribution in [-0.2, 0) is 11.3 Å². The summed E-state index contributed by atoms with van der Waals surface area (Å²) in [6, 6.07) is 3.03. The average molecular weight is 357 g/mol. The van der Waals surface area contributed by atoms with E-state index in [9.17, 15) is 9.59 Å². The lowest BCUT2D eigenvalue weighted by molar-refractivity contribution is -0.135. The van der Waals surface area contributed by atoms with Crippen molar-refractivity contribution in [2.24, 2.45) is 0 Å². The van der Waals surface area contributed by atoms with Crippen LogP contribution < -0.4 is 5.32 Å². The van der Waals surface area contributed by atoms with Crippen molar-refractivity contribution in [3.63, 3.8) is 0 Å². The Balaban J connectivity index is 1.48. The zero-order valence-electron chi connectivity index (χ0n) is 14.6. The van der Waals surface area contributed by atoms with Gasteiger partial charge in [-0.3, -0.25) is 9.59 Å². The molecule has 2 aromatic heterocycles. The highest BCUT2D eigenvalue weighted by Gasteiger charge is 2.36. The first kappa shape index (κ1) is 16.8. The minimum Gasteiger partial charge on any atom is -0.454 e. The Morgan fingerprint density at radius 2 is 2.08 bits per heavy atom. The number of nitrogens with one attached hydrogen (secondary N) is 1. The van der Waals surface area contributed by atoms with Gasteiger partial charge in [0.1, 0.15) is 11.8 Å². The van der Waals surface area contributed by atoms with E-state index in [4.69, 9.17) is 4.42 Å². The molecule has 0 spiro atoms. The first-order valence-corrected chi connectivity index (χ1v) is 9.07. The van der Waals surface area contributed by atoms with Gasteiger partial charge < -0.3 is 24.1 Å². The molecule has 0 aliphatic carbocycles. The molecule has 1 atom stereocenters. The summed E-state index contributed by atoms with van der Waals surface area (Å²) in [6.07, 6.45) is 7.31. The van der Waals surface area contributed by atoms with Gasteiger partial charge in [0.15, 0.2) is 5.76 Å². The zero-order valence-corrected chi connectivity index (χ0v) is 14.6. The number of furan rings is 1. The number of carbonyl (C=O) groups is 2. The van der Waals surface area contributed by atoms with Gasteiger partial charge in [-0.15, -0.1) is 0 Å². The maximum Gasteiger partial charge on any atom is 0.290 e. The summed E-state index contributed by atoms with van der Waals surface area (Å²) in [5.74, 6) is 0.777. The molecule has 0 saturated carbocycles. The van der Waals surface area contributed by atoms with E-state index in [1.807, 2.05) is 15.7 Å². The second-order valence-electron chi connectivity index (χ2n) is 6.75. The predicted octanol–water partition coefficient (Wildman–Crippen LogP) is 0.561. The topological polar surface area (TPSA) is 83.6 Å². The average Bonchev–Trinajstić information content (AvgIpc) is 3.43.